The molecule has 4 N–H and O–H groups in total. The van der Waals surface area contributed by atoms with Crippen LogP contribution in [0.2, 0.25) is 0 Å². The van der Waals surface area contributed by atoms with Gasteiger partial charge in [-0.15, -0.1) is 0 Å². The van der Waals surface area contributed by atoms with E-state index >= 15 is 0 Å². The number of benzene rings is 1. The molecule has 4 atom stereocenters. The van der Waals surface area contributed by atoms with Crippen molar-refractivity contribution in [3.63, 3.8) is 0 Å². The zero-order chi connectivity index (χ0) is 31.3. The Hall–Kier alpha value is -3.22. The monoisotopic (exact) mass is 613 g/mol. The van der Waals surface area contributed by atoms with Gasteiger partial charge in [-0.05, 0) is 55.6 Å². The number of halogens is 4. The van der Waals surface area contributed by atoms with Crippen molar-refractivity contribution in [2.75, 3.05) is 13.1 Å². The van der Waals surface area contributed by atoms with Crippen molar-refractivity contribution in [3.05, 3.63) is 34.9 Å². The van der Waals surface area contributed by atoms with Crippen LogP contribution < -0.4 is 10.6 Å². The van der Waals surface area contributed by atoms with Crippen molar-refractivity contribution >= 4 is 23.7 Å². The Morgan fingerprint density at radius 1 is 0.953 bits per heavy atom. The number of aliphatic hydroxyl groups is 1. The number of hydrogen-bond donors (Lipinski definition) is 4. The molecule has 2 aliphatic carbocycles. The maximum Gasteiger partial charge on any atom is 0.335 e. The second-order valence-corrected chi connectivity index (χ2v) is 12.0. The summed E-state index contributed by atoms with van der Waals surface area (Å²) in [7, 11) is 0. The summed E-state index contributed by atoms with van der Waals surface area (Å²) in [6.07, 6.45) is 1.89. The molecule has 0 radical (unpaired) electrons. The molecule has 0 aromatic heterocycles. The van der Waals surface area contributed by atoms with Crippen molar-refractivity contribution in [2.24, 2.45) is 17.8 Å². The predicted octanol–water partition coefficient (Wildman–Crippen LogP) is 3.42. The summed E-state index contributed by atoms with van der Waals surface area (Å²) in [6, 6.07) is -1.43. The molecule has 3 amide bonds. The lowest BCUT2D eigenvalue weighted by atomic mass is 9.89. The molecule has 4 rings (SSSR count). The number of alkyl halides is 2. The fraction of sp³-hybridized carbons (Fsp3) is 0.667. The quantitative estimate of drug-likeness (QED) is 0.267. The summed E-state index contributed by atoms with van der Waals surface area (Å²) in [5.41, 5.74) is -1.08. The molecule has 0 unspecified atom stereocenters. The smallest absolute Gasteiger partial charge is 0.335 e. The Kier molecular flexibility index (Phi) is 11.0. The third-order valence-corrected chi connectivity index (χ3v) is 9.19. The lowest BCUT2D eigenvalue weighted by molar-refractivity contribution is -0.148. The number of rotatable bonds is 12. The third kappa shape index (κ3) is 8.04. The molecule has 9 nitrogen and oxygen atoms in total. The van der Waals surface area contributed by atoms with Crippen LogP contribution in [0.3, 0.4) is 0 Å². The summed E-state index contributed by atoms with van der Waals surface area (Å²) < 4.78 is 55.4. The summed E-state index contributed by atoms with van der Waals surface area (Å²) in [4.78, 5) is 52.1. The first-order valence-corrected chi connectivity index (χ1v) is 15.0. The molecular formula is C30H39F4N3O6. The lowest BCUT2D eigenvalue weighted by Crippen LogP contribution is -2.55. The van der Waals surface area contributed by atoms with Gasteiger partial charge in [-0.25, -0.2) is 22.4 Å². The number of nitrogens with one attached hydrogen (secondary N) is 2. The highest BCUT2D eigenvalue weighted by Crippen LogP contribution is 2.39. The summed E-state index contributed by atoms with van der Waals surface area (Å²) in [5, 5.41) is 24.4. The van der Waals surface area contributed by atoms with Crippen molar-refractivity contribution in [1.29, 1.82) is 0 Å². The number of carbonyl (C=O) groups is 4. The molecule has 43 heavy (non-hydrogen) atoms. The molecular weight excluding hydrogens is 574 g/mol. The maximum absolute atomic E-state index is 14.2. The average Bonchev–Trinajstić information content (AvgIpc) is 3.74. The summed E-state index contributed by atoms with van der Waals surface area (Å²) >= 11 is 0. The SMILES string of the molecule is O=C(O)c1cc(F)c(CCNC(=O)[C@H](CC(F)F)NC(=O)[C@H]2C[C@@H](C3CCCC3)CN2C(=O)[C@@H](O)C2CCCC2)c(F)c1. The molecule has 0 spiro atoms. The highest BCUT2D eigenvalue weighted by molar-refractivity contribution is 5.93. The van der Waals surface area contributed by atoms with Gasteiger partial charge in [0.2, 0.25) is 18.2 Å². The number of carbonyl (C=O) groups excluding carboxylic acids is 3. The van der Waals surface area contributed by atoms with Crippen molar-refractivity contribution in [2.45, 2.75) is 95.2 Å². The highest BCUT2D eigenvalue weighted by Gasteiger charge is 2.46. The van der Waals surface area contributed by atoms with E-state index in [4.69, 9.17) is 5.11 Å². The number of aliphatic hydroxyl groups excluding tert-OH is 1. The maximum atomic E-state index is 14.2. The first-order chi connectivity index (χ1) is 20.5. The zero-order valence-electron chi connectivity index (χ0n) is 23.9. The zero-order valence-corrected chi connectivity index (χ0v) is 23.9. The number of aromatic carboxylic acids is 1. The molecule has 2 saturated carbocycles. The first kappa shape index (κ1) is 32.7. The summed E-state index contributed by atoms with van der Waals surface area (Å²) in [6.45, 7) is -0.102. The average molecular weight is 614 g/mol. The van der Waals surface area contributed by atoms with Crippen LogP contribution in [0.5, 0.6) is 0 Å². The molecule has 1 aromatic carbocycles. The Balaban J connectivity index is 1.43. The van der Waals surface area contributed by atoms with Gasteiger partial charge in [-0.3, -0.25) is 14.4 Å². The number of carboxylic acid groups (broad SMARTS) is 1. The van der Waals surface area contributed by atoms with E-state index in [0.29, 0.717) is 37.3 Å². The standard InChI is InChI=1S/C30H39F4N3O6/c31-21-11-18(30(42)43)12-22(32)20(21)9-10-35-27(39)23(14-25(33)34)36-28(40)24-13-19(16-5-1-2-6-16)15-37(24)29(41)26(38)17-7-3-4-8-17/h11-12,16-17,19,23-26,38H,1-10,13-15H2,(H,35,39)(H,36,40)(H,42,43)/t19-,23+,24-,26+/m1/s1. The van der Waals surface area contributed by atoms with Crippen molar-refractivity contribution < 1.29 is 47.0 Å². The minimum Gasteiger partial charge on any atom is -0.478 e. The molecule has 3 fully saturated rings. The summed E-state index contributed by atoms with van der Waals surface area (Å²) in [5.74, 6) is -5.98. The fourth-order valence-corrected chi connectivity index (χ4v) is 6.85. The third-order valence-electron chi connectivity index (χ3n) is 9.19. The Morgan fingerprint density at radius 3 is 2.14 bits per heavy atom. The molecule has 238 valence electrons. The van der Waals surface area contributed by atoms with Gasteiger partial charge >= 0.3 is 5.97 Å². The minimum atomic E-state index is -2.97. The largest absolute Gasteiger partial charge is 0.478 e. The van der Waals surface area contributed by atoms with E-state index in [2.05, 4.69) is 10.6 Å². The molecule has 1 aromatic rings. The second-order valence-electron chi connectivity index (χ2n) is 12.0. The van der Waals surface area contributed by atoms with E-state index in [1.165, 1.54) is 4.90 Å². The minimum absolute atomic E-state index is 0.0117. The van der Waals surface area contributed by atoms with Crippen LogP contribution in [-0.2, 0) is 20.8 Å². The lowest BCUT2D eigenvalue weighted by Gasteiger charge is -2.29. The Labute approximate surface area is 247 Å². The Bertz CT molecular complexity index is 1170. The van der Waals surface area contributed by atoms with Crippen molar-refractivity contribution in [1.82, 2.24) is 15.5 Å². The van der Waals surface area contributed by atoms with Crippen LogP contribution >= 0.6 is 0 Å². The first-order valence-electron chi connectivity index (χ1n) is 15.0. The van der Waals surface area contributed by atoms with Gasteiger partial charge in [0, 0.05) is 25.1 Å². The van der Waals surface area contributed by atoms with Gasteiger partial charge < -0.3 is 25.7 Å². The second kappa shape index (κ2) is 14.5. The normalized spacial score (nSPS) is 22.6. The van der Waals surface area contributed by atoms with E-state index < -0.39 is 83.9 Å². The van der Waals surface area contributed by atoms with Crippen LogP contribution in [0.15, 0.2) is 12.1 Å². The van der Waals surface area contributed by atoms with Gasteiger partial charge in [0.1, 0.15) is 29.8 Å². The van der Waals surface area contributed by atoms with Gasteiger partial charge in [-0.1, -0.05) is 38.5 Å². The predicted molar refractivity (Wildman–Crippen MR) is 146 cm³/mol. The van der Waals surface area contributed by atoms with Crippen LogP contribution in [0.4, 0.5) is 17.6 Å². The number of hydrogen-bond acceptors (Lipinski definition) is 5. The van der Waals surface area contributed by atoms with E-state index in [0.717, 1.165) is 38.5 Å². The van der Waals surface area contributed by atoms with Crippen LogP contribution in [0, 0.1) is 29.4 Å². The Morgan fingerprint density at radius 2 is 1.56 bits per heavy atom. The van der Waals surface area contributed by atoms with Crippen LogP contribution in [0.1, 0.15) is 80.1 Å². The number of amides is 3. The molecule has 1 heterocycles. The van der Waals surface area contributed by atoms with Crippen LogP contribution in [-0.4, -0.2) is 76.5 Å². The topological polar surface area (TPSA) is 136 Å². The highest BCUT2D eigenvalue weighted by atomic mass is 19.3. The number of likely N-dealkylation sites (tertiary alicyclic amines) is 1. The van der Waals surface area contributed by atoms with E-state index in [9.17, 15) is 41.8 Å². The van der Waals surface area contributed by atoms with Crippen molar-refractivity contribution in [3.8, 4) is 0 Å². The number of carboxylic acids is 1. The molecule has 0 bridgehead atoms. The van der Waals surface area contributed by atoms with E-state index in [-0.39, 0.29) is 24.9 Å². The molecule has 3 aliphatic rings. The van der Waals surface area contributed by atoms with Crippen LogP contribution in [0.25, 0.3) is 0 Å². The van der Waals surface area contributed by atoms with Gasteiger partial charge in [-0.2, -0.15) is 0 Å². The van der Waals surface area contributed by atoms with Gasteiger partial charge in [0.15, 0.2) is 0 Å². The van der Waals surface area contributed by atoms with E-state index in [1.807, 2.05) is 0 Å². The van der Waals surface area contributed by atoms with E-state index in [1.54, 1.807) is 0 Å². The van der Waals surface area contributed by atoms with Gasteiger partial charge in [0.05, 0.1) is 5.56 Å². The molecule has 1 saturated heterocycles. The van der Waals surface area contributed by atoms with Gasteiger partial charge in [0.25, 0.3) is 5.91 Å². The fourth-order valence-electron chi connectivity index (χ4n) is 6.85. The number of nitrogens with zero attached hydrogens (tertiary/aromatic N) is 1. The molecule has 13 heteroatoms. The molecule has 1 aliphatic heterocycles.